The molecular weight excluding hydrogens is 486 g/mol. The molecular formula is C37H27N3. The second-order valence-electron chi connectivity index (χ2n) is 10.4. The Morgan fingerprint density at radius 2 is 0.825 bits per heavy atom. The highest BCUT2D eigenvalue weighted by Gasteiger charge is 2.30. The molecule has 3 heteroatoms. The number of hydrogen-bond acceptors (Lipinski definition) is 3. The van der Waals surface area contributed by atoms with Gasteiger partial charge >= 0.3 is 0 Å². The second-order valence-corrected chi connectivity index (χ2v) is 10.4. The maximum atomic E-state index is 5.03. The van der Waals surface area contributed by atoms with Crippen LogP contribution in [0.2, 0.25) is 0 Å². The molecule has 1 aliphatic carbocycles. The summed E-state index contributed by atoms with van der Waals surface area (Å²) in [5.41, 5.74) is 14.3. The van der Waals surface area contributed by atoms with Crippen LogP contribution in [-0.4, -0.2) is 18.1 Å². The van der Waals surface area contributed by atoms with Crippen LogP contribution in [-0.2, 0) is 0 Å². The Kier molecular flexibility index (Phi) is 5.27. The summed E-state index contributed by atoms with van der Waals surface area (Å²) in [6.07, 6.45) is 1.92. The maximum Gasteiger partial charge on any atom is 0.0787 e. The molecule has 2 aliphatic rings. The number of rotatable bonds is 2. The molecule has 0 fully saturated rings. The molecule has 0 N–H and O–H groups in total. The Morgan fingerprint density at radius 1 is 0.400 bits per heavy atom. The average molecular weight is 514 g/mol. The summed E-state index contributed by atoms with van der Waals surface area (Å²) in [5, 5.41) is 0. The molecule has 0 saturated carbocycles. The molecule has 0 saturated heterocycles. The van der Waals surface area contributed by atoms with Crippen LogP contribution in [0.15, 0.2) is 140 Å². The zero-order valence-corrected chi connectivity index (χ0v) is 22.0. The molecule has 0 atom stereocenters. The predicted molar refractivity (Wildman–Crippen MR) is 166 cm³/mol. The first-order valence-corrected chi connectivity index (χ1v) is 13.8. The van der Waals surface area contributed by atoms with E-state index in [-0.39, 0.29) is 0 Å². The number of benzene rings is 5. The van der Waals surface area contributed by atoms with Crippen LogP contribution >= 0.6 is 0 Å². The molecule has 0 amide bonds. The highest BCUT2D eigenvalue weighted by Crippen LogP contribution is 2.52. The van der Waals surface area contributed by atoms with Gasteiger partial charge < -0.3 is 9.80 Å². The summed E-state index contributed by atoms with van der Waals surface area (Å²) in [4.78, 5) is 9.94. The topological polar surface area (TPSA) is 19.4 Å². The zero-order chi connectivity index (χ0) is 26.5. The molecule has 0 spiro atoms. The van der Waals surface area contributed by atoms with Gasteiger partial charge in [0.05, 0.1) is 17.1 Å². The fourth-order valence-corrected chi connectivity index (χ4v) is 6.36. The van der Waals surface area contributed by atoms with E-state index in [1.165, 1.54) is 50.6 Å². The monoisotopic (exact) mass is 513 g/mol. The van der Waals surface area contributed by atoms with Crippen molar-refractivity contribution in [1.29, 1.82) is 0 Å². The van der Waals surface area contributed by atoms with Gasteiger partial charge in [-0.15, -0.1) is 0 Å². The first-order chi connectivity index (χ1) is 19.9. The standard InChI is InChI=1S/C37H27N3/c1-3-12-26(13-4-1)39-22-23-40(27-14-5-2-6-15-27)36-25-34-33(24-35(36)39)31-19-10-8-17-29(31)28-16-7-9-18-30(28)32-20-11-21-38-37(32)34/h1-21,24-25H,22-23H2. The first kappa shape index (κ1) is 22.8. The van der Waals surface area contributed by atoms with Crippen LogP contribution < -0.4 is 9.80 Å². The van der Waals surface area contributed by atoms with Crippen molar-refractivity contribution in [3.8, 4) is 44.6 Å². The summed E-state index contributed by atoms with van der Waals surface area (Å²) in [7, 11) is 0. The number of hydrogen-bond donors (Lipinski definition) is 0. The van der Waals surface area contributed by atoms with Crippen LogP contribution in [0, 0.1) is 0 Å². The first-order valence-electron chi connectivity index (χ1n) is 13.8. The van der Waals surface area contributed by atoms with E-state index >= 15 is 0 Å². The summed E-state index contributed by atoms with van der Waals surface area (Å²) in [6, 6.07) is 48.1. The lowest BCUT2D eigenvalue weighted by atomic mass is 9.82. The zero-order valence-electron chi connectivity index (χ0n) is 22.0. The molecule has 1 aromatic heterocycles. The minimum atomic E-state index is 0.888. The molecule has 190 valence electrons. The van der Waals surface area contributed by atoms with Crippen LogP contribution in [0.1, 0.15) is 0 Å². The summed E-state index contributed by atoms with van der Waals surface area (Å²) < 4.78 is 0. The molecule has 1 aliphatic heterocycles. The van der Waals surface area contributed by atoms with Crippen molar-refractivity contribution < 1.29 is 0 Å². The summed E-state index contributed by atoms with van der Waals surface area (Å²) >= 11 is 0. The Bertz CT molecular complexity index is 1720. The van der Waals surface area contributed by atoms with Crippen LogP contribution in [0.3, 0.4) is 0 Å². The van der Waals surface area contributed by atoms with Crippen LogP contribution in [0.5, 0.6) is 0 Å². The maximum absolute atomic E-state index is 5.03. The van der Waals surface area contributed by atoms with Crippen molar-refractivity contribution in [2.75, 3.05) is 22.9 Å². The van der Waals surface area contributed by atoms with E-state index in [2.05, 4.69) is 143 Å². The quantitative estimate of drug-likeness (QED) is 0.230. The van der Waals surface area contributed by atoms with Crippen molar-refractivity contribution in [1.82, 2.24) is 4.98 Å². The Hall–Kier alpha value is -5.15. The normalized spacial score (nSPS) is 13.2. The van der Waals surface area contributed by atoms with Gasteiger partial charge in [-0.3, -0.25) is 4.98 Å². The van der Waals surface area contributed by atoms with Gasteiger partial charge in [0.1, 0.15) is 0 Å². The van der Waals surface area contributed by atoms with E-state index < -0.39 is 0 Å². The van der Waals surface area contributed by atoms with Crippen molar-refractivity contribution in [3.05, 3.63) is 140 Å². The van der Waals surface area contributed by atoms with Crippen molar-refractivity contribution >= 4 is 22.7 Å². The van der Waals surface area contributed by atoms with Crippen molar-refractivity contribution in [2.24, 2.45) is 0 Å². The lowest BCUT2D eigenvalue weighted by Gasteiger charge is -2.40. The molecule has 40 heavy (non-hydrogen) atoms. The van der Waals surface area contributed by atoms with Gasteiger partial charge in [0, 0.05) is 41.8 Å². The third kappa shape index (κ3) is 3.55. The Morgan fingerprint density at radius 3 is 1.38 bits per heavy atom. The fourth-order valence-electron chi connectivity index (χ4n) is 6.36. The van der Waals surface area contributed by atoms with Gasteiger partial charge in [0.25, 0.3) is 0 Å². The Balaban J connectivity index is 1.47. The van der Waals surface area contributed by atoms with Crippen LogP contribution in [0.4, 0.5) is 22.7 Å². The molecule has 8 rings (SSSR count). The number of pyridine rings is 1. The molecule has 0 bridgehead atoms. The van der Waals surface area contributed by atoms with Crippen molar-refractivity contribution in [3.63, 3.8) is 0 Å². The predicted octanol–water partition coefficient (Wildman–Crippen LogP) is 9.35. The number of anilines is 4. The third-order valence-corrected chi connectivity index (χ3v) is 8.17. The SMILES string of the molecule is c1ccc(N2CCN(c3ccccc3)c3cc4c(cc32)-c2ccccc2-c2ccccc2-c2cccnc2-4)cc1. The van der Waals surface area contributed by atoms with Gasteiger partial charge in [-0.25, -0.2) is 0 Å². The molecule has 0 unspecified atom stereocenters. The van der Waals surface area contributed by atoms with Gasteiger partial charge in [-0.2, -0.15) is 0 Å². The summed E-state index contributed by atoms with van der Waals surface area (Å²) in [6.45, 7) is 1.78. The minimum Gasteiger partial charge on any atom is -0.338 e. The number of aromatic nitrogens is 1. The molecule has 6 aromatic rings. The largest absolute Gasteiger partial charge is 0.338 e. The van der Waals surface area contributed by atoms with Gasteiger partial charge in [-0.05, 0) is 70.3 Å². The molecule has 5 aromatic carbocycles. The van der Waals surface area contributed by atoms with E-state index in [1.807, 2.05) is 6.20 Å². The fraction of sp³-hybridized carbons (Fsp3) is 0.0541. The smallest absolute Gasteiger partial charge is 0.0787 e. The van der Waals surface area contributed by atoms with E-state index in [4.69, 9.17) is 4.98 Å². The molecule has 2 heterocycles. The average Bonchev–Trinajstić information content (AvgIpc) is 3.04. The lowest BCUT2D eigenvalue weighted by molar-refractivity contribution is 0.850. The van der Waals surface area contributed by atoms with Crippen molar-refractivity contribution in [2.45, 2.75) is 0 Å². The number of fused-ring (bicyclic) bond motifs is 9. The van der Waals surface area contributed by atoms with E-state index in [9.17, 15) is 0 Å². The minimum absolute atomic E-state index is 0.888. The van der Waals surface area contributed by atoms with Gasteiger partial charge in [0.2, 0.25) is 0 Å². The molecule has 0 radical (unpaired) electrons. The van der Waals surface area contributed by atoms with E-state index in [0.717, 1.165) is 29.9 Å². The third-order valence-electron chi connectivity index (χ3n) is 8.17. The van der Waals surface area contributed by atoms with Gasteiger partial charge in [0.15, 0.2) is 0 Å². The second kappa shape index (κ2) is 9.25. The Labute approximate surface area is 234 Å². The lowest BCUT2D eigenvalue weighted by Crippen LogP contribution is -2.36. The highest BCUT2D eigenvalue weighted by atomic mass is 15.3. The molecule has 3 nitrogen and oxygen atoms in total. The number of para-hydroxylation sites is 2. The van der Waals surface area contributed by atoms with Crippen LogP contribution in [0.25, 0.3) is 44.6 Å². The summed E-state index contributed by atoms with van der Waals surface area (Å²) in [5.74, 6) is 0. The van der Waals surface area contributed by atoms with E-state index in [0.29, 0.717) is 0 Å². The number of nitrogens with zero attached hydrogens (tertiary/aromatic N) is 3. The highest BCUT2D eigenvalue weighted by molar-refractivity contribution is 6.05. The van der Waals surface area contributed by atoms with E-state index in [1.54, 1.807) is 0 Å². The van der Waals surface area contributed by atoms with Gasteiger partial charge in [-0.1, -0.05) is 91.0 Å².